The standard InChI is InChI=1S/C26H24F2N4O2/c27-22-10-20(11-23(28)25(22)33)26(34)30-13-16-3-7-21(8-4-16)32-15-19-6-5-17(12-24(19)31-32)18-2-1-9-29-14-18/h1-2,5-6,9-12,14-16,21,33H,3-4,7-8,13H2,(H,30,34)/t16-,21-. The van der Waals surface area contributed by atoms with Crippen LogP contribution in [0.1, 0.15) is 42.1 Å². The third-order valence-corrected chi connectivity index (χ3v) is 6.54. The first-order valence-electron chi connectivity index (χ1n) is 11.3. The molecule has 2 N–H and O–H groups in total. The molecule has 0 radical (unpaired) electrons. The van der Waals surface area contributed by atoms with Gasteiger partial charge in [0.1, 0.15) is 0 Å². The zero-order valence-corrected chi connectivity index (χ0v) is 18.4. The number of hydrogen-bond donors (Lipinski definition) is 2. The minimum absolute atomic E-state index is 0.143. The van der Waals surface area contributed by atoms with Crippen LogP contribution in [-0.4, -0.2) is 32.3 Å². The summed E-state index contributed by atoms with van der Waals surface area (Å²) in [4.78, 5) is 16.5. The summed E-state index contributed by atoms with van der Waals surface area (Å²) >= 11 is 0. The lowest BCUT2D eigenvalue weighted by molar-refractivity contribution is 0.0940. The van der Waals surface area contributed by atoms with Crippen molar-refractivity contribution in [1.29, 1.82) is 0 Å². The molecule has 34 heavy (non-hydrogen) atoms. The van der Waals surface area contributed by atoms with Crippen molar-refractivity contribution in [1.82, 2.24) is 20.1 Å². The van der Waals surface area contributed by atoms with E-state index in [0.717, 1.165) is 59.8 Å². The van der Waals surface area contributed by atoms with Gasteiger partial charge in [0.15, 0.2) is 17.4 Å². The molecule has 2 heterocycles. The molecule has 2 aromatic heterocycles. The number of fused-ring (bicyclic) bond motifs is 1. The highest BCUT2D eigenvalue weighted by Gasteiger charge is 2.24. The van der Waals surface area contributed by atoms with Gasteiger partial charge in [-0.2, -0.15) is 5.10 Å². The number of phenolic OH excluding ortho intramolecular Hbond substituents is 1. The molecule has 0 spiro atoms. The van der Waals surface area contributed by atoms with Gasteiger partial charge < -0.3 is 10.4 Å². The van der Waals surface area contributed by atoms with Gasteiger partial charge in [0, 0.05) is 41.6 Å². The number of hydrogen-bond acceptors (Lipinski definition) is 4. The molecule has 1 aliphatic rings. The molecule has 0 saturated heterocycles. The quantitative estimate of drug-likeness (QED) is 0.425. The summed E-state index contributed by atoms with van der Waals surface area (Å²) in [6.07, 6.45) is 9.39. The lowest BCUT2D eigenvalue weighted by Crippen LogP contribution is -2.31. The lowest BCUT2D eigenvalue weighted by Gasteiger charge is -2.28. The van der Waals surface area contributed by atoms with Crippen LogP contribution in [0.4, 0.5) is 8.78 Å². The van der Waals surface area contributed by atoms with Crippen LogP contribution in [0.2, 0.25) is 0 Å². The fourth-order valence-corrected chi connectivity index (χ4v) is 4.58. The average molecular weight is 463 g/mol. The van der Waals surface area contributed by atoms with Gasteiger partial charge in [-0.15, -0.1) is 0 Å². The molecule has 1 aliphatic carbocycles. The Bertz CT molecular complexity index is 1310. The largest absolute Gasteiger partial charge is 0.503 e. The van der Waals surface area contributed by atoms with E-state index in [2.05, 4.69) is 39.4 Å². The van der Waals surface area contributed by atoms with E-state index in [4.69, 9.17) is 5.10 Å². The Morgan fingerprint density at radius 1 is 1.06 bits per heavy atom. The molecule has 1 fully saturated rings. The molecule has 1 amide bonds. The maximum atomic E-state index is 13.5. The molecular weight excluding hydrogens is 438 g/mol. The van der Waals surface area contributed by atoms with Gasteiger partial charge in [0.2, 0.25) is 0 Å². The molecule has 2 aromatic carbocycles. The van der Waals surface area contributed by atoms with Crippen molar-refractivity contribution in [2.24, 2.45) is 5.92 Å². The van der Waals surface area contributed by atoms with Crippen LogP contribution >= 0.6 is 0 Å². The Labute approximate surface area is 195 Å². The van der Waals surface area contributed by atoms with E-state index in [-0.39, 0.29) is 11.5 Å². The second kappa shape index (κ2) is 9.21. The second-order valence-corrected chi connectivity index (χ2v) is 8.80. The Hall–Kier alpha value is -3.81. The highest BCUT2D eigenvalue weighted by Crippen LogP contribution is 2.33. The van der Waals surface area contributed by atoms with E-state index in [9.17, 15) is 18.7 Å². The van der Waals surface area contributed by atoms with Crippen molar-refractivity contribution in [3.05, 3.63) is 78.3 Å². The highest BCUT2D eigenvalue weighted by molar-refractivity contribution is 5.94. The number of benzene rings is 2. The molecule has 0 aliphatic heterocycles. The number of carbonyl (C=O) groups is 1. The molecule has 4 aromatic rings. The third-order valence-electron chi connectivity index (χ3n) is 6.54. The number of amides is 1. The molecule has 0 atom stereocenters. The fourth-order valence-electron chi connectivity index (χ4n) is 4.58. The van der Waals surface area contributed by atoms with E-state index >= 15 is 0 Å². The SMILES string of the molecule is O=C(NC[C@H]1CC[C@H](n2cc3ccc(-c4cccnc4)cc3n2)CC1)c1cc(F)c(O)c(F)c1. The zero-order valence-electron chi connectivity index (χ0n) is 18.4. The third kappa shape index (κ3) is 4.48. The molecule has 0 unspecified atom stereocenters. The van der Waals surface area contributed by atoms with Gasteiger partial charge in [0.25, 0.3) is 5.91 Å². The van der Waals surface area contributed by atoms with Crippen molar-refractivity contribution in [3.8, 4) is 16.9 Å². The van der Waals surface area contributed by atoms with Crippen LogP contribution in [0.25, 0.3) is 22.0 Å². The smallest absolute Gasteiger partial charge is 0.251 e. The summed E-state index contributed by atoms with van der Waals surface area (Å²) in [5.74, 6) is -3.64. The van der Waals surface area contributed by atoms with Crippen LogP contribution in [0.5, 0.6) is 5.75 Å². The van der Waals surface area contributed by atoms with Crippen molar-refractivity contribution in [2.75, 3.05) is 6.54 Å². The van der Waals surface area contributed by atoms with Crippen molar-refractivity contribution in [2.45, 2.75) is 31.7 Å². The Kier molecular flexibility index (Phi) is 5.96. The Morgan fingerprint density at radius 2 is 1.82 bits per heavy atom. The summed E-state index contributed by atoms with van der Waals surface area (Å²) in [6.45, 7) is 0.436. The van der Waals surface area contributed by atoms with E-state index < -0.39 is 23.3 Å². The van der Waals surface area contributed by atoms with Gasteiger partial charge in [-0.3, -0.25) is 14.5 Å². The minimum atomic E-state index is -1.15. The molecule has 1 saturated carbocycles. The molecular formula is C26H24F2N4O2. The molecule has 174 valence electrons. The summed E-state index contributed by atoms with van der Waals surface area (Å²) in [6, 6.07) is 12.2. The predicted molar refractivity (Wildman–Crippen MR) is 124 cm³/mol. The lowest BCUT2D eigenvalue weighted by atomic mass is 9.86. The van der Waals surface area contributed by atoms with E-state index in [1.165, 1.54) is 0 Å². The fraction of sp³-hybridized carbons (Fsp3) is 0.269. The minimum Gasteiger partial charge on any atom is -0.503 e. The Morgan fingerprint density at radius 3 is 2.53 bits per heavy atom. The number of phenols is 1. The van der Waals surface area contributed by atoms with Crippen molar-refractivity contribution >= 4 is 16.8 Å². The summed E-state index contributed by atoms with van der Waals surface area (Å²) in [5, 5.41) is 17.9. The van der Waals surface area contributed by atoms with Gasteiger partial charge in [-0.25, -0.2) is 8.78 Å². The van der Waals surface area contributed by atoms with Gasteiger partial charge in [0.05, 0.1) is 11.6 Å². The number of aromatic hydroxyl groups is 1. The first-order chi connectivity index (χ1) is 16.5. The van der Waals surface area contributed by atoms with E-state index in [0.29, 0.717) is 12.6 Å². The summed E-state index contributed by atoms with van der Waals surface area (Å²) in [7, 11) is 0. The van der Waals surface area contributed by atoms with Crippen molar-refractivity contribution < 1.29 is 18.7 Å². The Balaban J connectivity index is 1.18. The summed E-state index contributed by atoms with van der Waals surface area (Å²) in [5.41, 5.74) is 2.94. The van der Waals surface area contributed by atoms with Crippen LogP contribution in [-0.2, 0) is 0 Å². The van der Waals surface area contributed by atoms with E-state index in [1.807, 2.05) is 18.3 Å². The maximum absolute atomic E-state index is 13.5. The van der Waals surface area contributed by atoms with Crippen LogP contribution in [0, 0.1) is 17.6 Å². The van der Waals surface area contributed by atoms with Gasteiger partial charge >= 0.3 is 0 Å². The summed E-state index contributed by atoms with van der Waals surface area (Å²) < 4.78 is 29.1. The number of halogens is 2. The number of pyridine rings is 1. The number of aromatic nitrogens is 3. The zero-order chi connectivity index (χ0) is 23.7. The van der Waals surface area contributed by atoms with Crippen LogP contribution in [0.3, 0.4) is 0 Å². The molecule has 8 heteroatoms. The first-order valence-corrected chi connectivity index (χ1v) is 11.3. The maximum Gasteiger partial charge on any atom is 0.251 e. The highest BCUT2D eigenvalue weighted by atomic mass is 19.1. The number of rotatable bonds is 5. The number of nitrogens with one attached hydrogen (secondary N) is 1. The molecule has 0 bridgehead atoms. The first kappa shape index (κ1) is 22.0. The van der Waals surface area contributed by atoms with Crippen LogP contribution < -0.4 is 5.32 Å². The molecule has 5 rings (SSSR count). The van der Waals surface area contributed by atoms with Gasteiger partial charge in [-0.1, -0.05) is 18.2 Å². The topological polar surface area (TPSA) is 80.0 Å². The van der Waals surface area contributed by atoms with E-state index in [1.54, 1.807) is 6.20 Å². The van der Waals surface area contributed by atoms with Crippen molar-refractivity contribution in [3.63, 3.8) is 0 Å². The second-order valence-electron chi connectivity index (χ2n) is 8.80. The predicted octanol–water partition coefficient (Wildman–Crippen LogP) is 5.24. The van der Waals surface area contributed by atoms with Crippen LogP contribution in [0.15, 0.2) is 61.1 Å². The normalized spacial score (nSPS) is 18.2. The number of carbonyl (C=O) groups excluding carboxylic acids is 1. The average Bonchev–Trinajstić information content (AvgIpc) is 3.30. The van der Waals surface area contributed by atoms with Gasteiger partial charge in [-0.05, 0) is 61.4 Å². The molecule has 6 nitrogen and oxygen atoms in total. The number of nitrogens with zero attached hydrogens (tertiary/aromatic N) is 3. The monoisotopic (exact) mass is 462 g/mol.